The van der Waals surface area contributed by atoms with Gasteiger partial charge in [0.2, 0.25) is 0 Å². The van der Waals surface area contributed by atoms with Gasteiger partial charge in [-0.05, 0) is 10.9 Å². The van der Waals surface area contributed by atoms with Gasteiger partial charge in [-0.25, -0.2) is 4.79 Å². The number of thiocarbonyl (C=S) groups is 1. The SMILES string of the molecule is O=C1OC[C@@H](c2ccccc2)N1CC=S. The molecule has 1 aromatic carbocycles. The molecule has 0 aromatic heterocycles. The first-order chi connectivity index (χ1) is 7.33. The van der Waals surface area contributed by atoms with Crippen LogP contribution in [0.15, 0.2) is 30.3 Å². The molecule has 3 nitrogen and oxygen atoms in total. The molecule has 0 saturated carbocycles. The molecule has 1 saturated heterocycles. The lowest BCUT2D eigenvalue weighted by Crippen LogP contribution is -2.28. The molecule has 15 heavy (non-hydrogen) atoms. The number of carbonyl (C=O) groups excluding carboxylic acids is 1. The third-order valence-electron chi connectivity index (χ3n) is 2.43. The van der Waals surface area contributed by atoms with Crippen molar-refractivity contribution in [1.29, 1.82) is 0 Å². The Morgan fingerprint density at radius 3 is 2.87 bits per heavy atom. The van der Waals surface area contributed by atoms with Crippen molar-refractivity contribution in [3.8, 4) is 0 Å². The first-order valence-electron chi connectivity index (χ1n) is 4.75. The Kier molecular flexibility index (Phi) is 2.97. The standard InChI is InChI=1S/C11H11NO2S/c13-11-12(6-7-15)10(8-14-11)9-4-2-1-3-5-9/h1-5,7,10H,6,8H2/t10-/m0/s1. The molecule has 1 aromatic rings. The maximum Gasteiger partial charge on any atom is 0.410 e. The summed E-state index contributed by atoms with van der Waals surface area (Å²) in [5.41, 5.74) is 1.08. The summed E-state index contributed by atoms with van der Waals surface area (Å²) in [4.78, 5) is 13.0. The van der Waals surface area contributed by atoms with E-state index in [0.717, 1.165) is 5.56 Å². The predicted molar refractivity (Wildman–Crippen MR) is 60.9 cm³/mol. The van der Waals surface area contributed by atoms with Crippen LogP contribution in [-0.4, -0.2) is 29.5 Å². The van der Waals surface area contributed by atoms with Crippen LogP contribution in [0.25, 0.3) is 0 Å². The van der Waals surface area contributed by atoms with Crippen LogP contribution in [0.4, 0.5) is 4.79 Å². The van der Waals surface area contributed by atoms with E-state index >= 15 is 0 Å². The Hall–Kier alpha value is -1.42. The minimum absolute atomic E-state index is 0.00194. The van der Waals surface area contributed by atoms with Gasteiger partial charge >= 0.3 is 6.09 Å². The summed E-state index contributed by atoms with van der Waals surface area (Å²) in [6.07, 6.45) is -0.287. The topological polar surface area (TPSA) is 29.5 Å². The molecular weight excluding hydrogens is 210 g/mol. The molecule has 1 atom stereocenters. The molecule has 0 aliphatic carbocycles. The van der Waals surface area contributed by atoms with E-state index in [-0.39, 0.29) is 12.1 Å². The quantitative estimate of drug-likeness (QED) is 0.733. The van der Waals surface area contributed by atoms with Gasteiger partial charge < -0.3 is 4.74 Å². The van der Waals surface area contributed by atoms with Crippen molar-refractivity contribution >= 4 is 23.7 Å². The molecule has 0 spiro atoms. The number of rotatable bonds is 3. The van der Waals surface area contributed by atoms with E-state index < -0.39 is 0 Å². The molecule has 0 radical (unpaired) electrons. The van der Waals surface area contributed by atoms with Crippen LogP contribution in [0.2, 0.25) is 0 Å². The summed E-state index contributed by atoms with van der Waals surface area (Å²) in [6, 6.07) is 9.83. The van der Waals surface area contributed by atoms with Gasteiger partial charge in [-0.1, -0.05) is 42.5 Å². The van der Waals surface area contributed by atoms with Gasteiger partial charge in [-0.2, -0.15) is 0 Å². The first kappa shape index (κ1) is 10.1. The second-order valence-electron chi connectivity index (χ2n) is 3.32. The van der Waals surface area contributed by atoms with Crippen LogP contribution in [-0.2, 0) is 4.74 Å². The zero-order valence-electron chi connectivity index (χ0n) is 8.13. The van der Waals surface area contributed by atoms with E-state index in [2.05, 4.69) is 0 Å². The number of nitrogens with zero attached hydrogens (tertiary/aromatic N) is 1. The highest BCUT2D eigenvalue weighted by atomic mass is 32.1. The van der Waals surface area contributed by atoms with Crippen molar-refractivity contribution in [3.05, 3.63) is 35.9 Å². The summed E-state index contributed by atoms with van der Waals surface area (Å²) in [7, 11) is 0. The highest BCUT2D eigenvalue weighted by molar-refractivity contribution is 7.79. The fraction of sp³-hybridized carbons (Fsp3) is 0.273. The summed E-state index contributed by atoms with van der Waals surface area (Å²) in [5.74, 6) is 0. The molecule has 1 heterocycles. The van der Waals surface area contributed by atoms with E-state index in [1.807, 2.05) is 30.3 Å². The van der Waals surface area contributed by atoms with E-state index in [1.165, 1.54) is 0 Å². The van der Waals surface area contributed by atoms with Crippen molar-refractivity contribution in [3.63, 3.8) is 0 Å². The molecular formula is C11H11NO2S. The normalized spacial score (nSPS) is 20.1. The predicted octanol–water partition coefficient (Wildman–Crippen LogP) is 2.18. The lowest BCUT2D eigenvalue weighted by molar-refractivity contribution is 0.161. The molecule has 0 N–H and O–H groups in total. The van der Waals surface area contributed by atoms with Crippen molar-refractivity contribution in [2.24, 2.45) is 0 Å². The van der Waals surface area contributed by atoms with Gasteiger partial charge in [-0.15, -0.1) is 0 Å². The van der Waals surface area contributed by atoms with Gasteiger partial charge in [0.05, 0.1) is 12.6 Å². The van der Waals surface area contributed by atoms with Gasteiger partial charge in [-0.3, -0.25) is 4.90 Å². The van der Waals surface area contributed by atoms with Gasteiger partial charge in [0.15, 0.2) is 0 Å². The van der Waals surface area contributed by atoms with Gasteiger partial charge in [0.1, 0.15) is 6.61 Å². The van der Waals surface area contributed by atoms with Crippen LogP contribution in [0.3, 0.4) is 0 Å². The zero-order chi connectivity index (χ0) is 10.7. The summed E-state index contributed by atoms with van der Waals surface area (Å²) < 4.78 is 5.01. The smallest absolute Gasteiger partial charge is 0.410 e. The first-order valence-corrected chi connectivity index (χ1v) is 5.22. The van der Waals surface area contributed by atoms with Crippen molar-refractivity contribution in [2.75, 3.05) is 13.2 Å². The largest absolute Gasteiger partial charge is 0.447 e. The molecule has 1 amide bonds. The maximum absolute atomic E-state index is 11.4. The Balaban J connectivity index is 2.22. The Morgan fingerprint density at radius 1 is 1.47 bits per heavy atom. The number of hydrogen-bond acceptors (Lipinski definition) is 3. The van der Waals surface area contributed by atoms with E-state index in [0.29, 0.717) is 13.2 Å². The zero-order valence-corrected chi connectivity index (χ0v) is 8.94. The minimum Gasteiger partial charge on any atom is -0.447 e. The molecule has 1 aliphatic heterocycles. The lowest BCUT2D eigenvalue weighted by Gasteiger charge is -2.19. The second kappa shape index (κ2) is 4.40. The van der Waals surface area contributed by atoms with Crippen molar-refractivity contribution in [2.45, 2.75) is 6.04 Å². The van der Waals surface area contributed by atoms with E-state index in [9.17, 15) is 4.79 Å². The molecule has 4 heteroatoms. The van der Waals surface area contributed by atoms with E-state index in [1.54, 1.807) is 10.3 Å². The number of carbonyl (C=O) groups is 1. The fourth-order valence-corrected chi connectivity index (χ4v) is 1.84. The molecule has 1 aliphatic rings. The van der Waals surface area contributed by atoms with Gasteiger partial charge in [0.25, 0.3) is 0 Å². The van der Waals surface area contributed by atoms with Crippen LogP contribution in [0.1, 0.15) is 11.6 Å². The van der Waals surface area contributed by atoms with Crippen LogP contribution in [0, 0.1) is 0 Å². The molecule has 0 bridgehead atoms. The average molecular weight is 221 g/mol. The minimum atomic E-state index is -0.287. The van der Waals surface area contributed by atoms with Crippen LogP contribution >= 0.6 is 12.2 Å². The van der Waals surface area contributed by atoms with Crippen molar-refractivity contribution < 1.29 is 9.53 Å². The monoisotopic (exact) mass is 221 g/mol. The maximum atomic E-state index is 11.4. The fourth-order valence-electron chi connectivity index (χ4n) is 1.68. The summed E-state index contributed by atoms with van der Waals surface area (Å²) in [5, 5.41) is 1.54. The number of cyclic esters (lactones) is 1. The molecule has 1 fully saturated rings. The number of hydrogen-bond donors (Lipinski definition) is 0. The second-order valence-corrected chi connectivity index (χ2v) is 3.66. The molecule has 0 unspecified atom stereocenters. The average Bonchev–Trinajstić information content (AvgIpc) is 2.63. The van der Waals surface area contributed by atoms with Crippen LogP contribution < -0.4 is 0 Å². The lowest BCUT2D eigenvalue weighted by atomic mass is 10.1. The number of benzene rings is 1. The number of amides is 1. The Labute approximate surface area is 93.6 Å². The van der Waals surface area contributed by atoms with E-state index in [4.69, 9.17) is 17.0 Å². The number of ether oxygens (including phenoxy) is 1. The summed E-state index contributed by atoms with van der Waals surface area (Å²) >= 11 is 4.77. The summed E-state index contributed by atoms with van der Waals surface area (Å²) in [6.45, 7) is 0.861. The Bertz CT molecular complexity index is 366. The highest BCUT2D eigenvalue weighted by Crippen LogP contribution is 2.26. The third kappa shape index (κ3) is 1.99. The molecule has 2 rings (SSSR count). The highest BCUT2D eigenvalue weighted by Gasteiger charge is 2.32. The van der Waals surface area contributed by atoms with Crippen LogP contribution in [0.5, 0.6) is 0 Å². The van der Waals surface area contributed by atoms with Gasteiger partial charge in [0, 0.05) is 0 Å². The Morgan fingerprint density at radius 2 is 2.20 bits per heavy atom. The third-order valence-corrected chi connectivity index (χ3v) is 2.58. The molecule has 78 valence electrons. The van der Waals surface area contributed by atoms with Crippen molar-refractivity contribution in [1.82, 2.24) is 4.90 Å².